The average Bonchev–Trinajstić information content (AvgIpc) is 2.86. The van der Waals surface area contributed by atoms with Gasteiger partial charge in [0.1, 0.15) is 11.4 Å². The highest BCUT2D eigenvalue weighted by atomic mass is 16.6. The van der Waals surface area contributed by atoms with Crippen LogP contribution in [0.25, 0.3) is 0 Å². The number of ether oxygens (including phenoxy) is 2. The second-order valence-electron chi connectivity index (χ2n) is 6.19. The average molecular weight is 277 g/mol. The van der Waals surface area contributed by atoms with E-state index in [1.807, 2.05) is 39.0 Å². The number of methoxy groups -OCH3 is 1. The van der Waals surface area contributed by atoms with Crippen molar-refractivity contribution in [1.29, 1.82) is 0 Å². The molecular weight excluding hydrogens is 254 g/mol. The van der Waals surface area contributed by atoms with Gasteiger partial charge in [-0.15, -0.1) is 0 Å². The first-order valence-corrected chi connectivity index (χ1v) is 7.01. The maximum Gasteiger partial charge on any atom is 0.410 e. The predicted octanol–water partition coefficient (Wildman–Crippen LogP) is 3.42. The molecule has 0 radical (unpaired) electrons. The van der Waals surface area contributed by atoms with Crippen LogP contribution < -0.4 is 4.74 Å². The first kappa shape index (κ1) is 14.7. The van der Waals surface area contributed by atoms with Crippen LogP contribution in [0.4, 0.5) is 4.79 Å². The first-order valence-electron chi connectivity index (χ1n) is 7.01. The highest BCUT2D eigenvalue weighted by molar-refractivity contribution is 5.68. The Kier molecular flexibility index (Phi) is 4.21. The van der Waals surface area contributed by atoms with Crippen LogP contribution >= 0.6 is 0 Å². The zero-order chi connectivity index (χ0) is 14.8. The molecule has 0 spiro atoms. The molecule has 4 heteroatoms. The molecule has 1 heterocycles. The maximum absolute atomic E-state index is 12.0. The lowest BCUT2D eigenvalue weighted by Gasteiger charge is -2.24. The molecule has 1 aromatic carbocycles. The summed E-state index contributed by atoms with van der Waals surface area (Å²) in [7, 11) is 1.67. The van der Waals surface area contributed by atoms with E-state index >= 15 is 0 Å². The number of hydrogen-bond acceptors (Lipinski definition) is 3. The van der Waals surface area contributed by atoms with Crippen LogP contribution in [0, 0.1) is 0 Å². The van der Waals surface area contributed by atoms with E-state index in [1.165, 1.54) is 5.56 Å². The van der Waals surface area contributed by atoms with E-state index in [1.54, 1.807) is 12.0 Å². The number of nitrogens with zero attached hydrogens (tertiary/aromatic N) is 1. The highest BCUT2D eigenvalue weighted by Crippen LogP contribution is 2.30. The van der Waals surface area contributed by atoms with E-state index in [0.29, 0.717) is 12.5 Å². The van der Waals surface area contributed by atoms with Gasteiger partial charge in [0.25, 0.3) is 0 Å². The van der Waals surface area contributed by atoms with Gasteiger partial charge in [0.2, 0.25) is 0 Å². The number of carbonyl (C=O) groups excluding carboxylic acids is 1. The molecule has 0 saturated carbocycles. The molecule has 0 N–H and O–H groups in total. The lowest BCUT2D eigenvalue weighted by Crippen LogP contribution is -2.35. The van der Waals surface area contributed by atoms with Crippen LogP contribution in [-0.2, 0) is 4.74 Å². The van der Waals surface area contributed by atoms with Crippen molar-refractivity contribution < 1.29 is 14.3 Å². The van der Waals surface area contributed by atoms with Crippen LogP contribution in [0.5, 0.6) is 5.75 Å². The molecule has 1 unspecified atom stereocenters. The molecule has 0 bridgehead atoms. The minimum Gasteiger partial charge on any atom is -0.497 e. The third-order valence-electron chi connectivity index (χ3n) is 3.41. The quantitative estimate of drug-likeness (QED) is 0.831. The van der Waals surface area contributed by atoms with Crippen molar-refractivity contribution >= 4 is 6.09 Å². The smallest absolute Gasteiger partial charge is 0.410 e. The summed E-state index contributed by atoms with van der Waals surface area (Å²) in [5, 5.41) is 0. The molecule has 1 aliphatic rings. The van der Waals surface area contributed by atoms with Crippen LogP contribution in [0.3, 0.4) is 0 Å². The summed E-state index contributed by atoms with van der Waals surface area (Å²) in [6.45, 7) is 7.13. The molecule has 1 atom stereocenters. The summed E-state index contributed by atoms with van der Waals surface area (Å²) < 4.78 is 10.7. The summed E-state index contributed by atoms with van der Waals surface area (Å²) in [5.41, 5.74) is 0.779. The lowest BCUT2D eigenvalue weighted by atomic mass is 9.98. The Hall–Kier alpha value is -1.71. The molecule has 110 valence electrons. The fourth-order valence-corrected chi connectivity index (χ4v) is 2.42. The molecule has 4 nitrogen and oxygen atoms in total. The standard InChI is InChI=1S/C16H23NO3/c1-16(2,3)20-15(18)17-9-8-13(11-17)12-6-5-7-14(10-12)19-4/h5-7,10,13H,8-9,11H2,1-4H3. The van der Waals surface area contributed by atoms with Crippen molar-refractivity contribution in [2.45, 2.75) is 38.7 Å². The van der Waals surface area contributed by atoms with Crippen molar-refractivity contribution in [2.75, 3.05) is 20.2 Å². The topological polar surface area (TPSA) is 38.8 Å². The minimum absolute atomic E-state index is 0.220. The van der Waals surface area contributed by atoms with Gasteiger partial charge in [-0.05, 0) is 44.9 Å². The van der Waals surface area contributed by atoms with Crippen LogP contribution in [0.1, 0.15) is 38.7 Å². The molecular formula is C16H23NO3. The largest absolute Gasteiger partial charge is 0.497 e. The van der Waals surface area contributed by atoms with E-state index in [2.05, 4.69) is 6.07 Å². The number of benzene rings is 1. The minimum atomic E-state index is -0.439. The van der Waals surface area contributed by atoms with Gasteiger partial charge in [-0.2, -0.15) is 0 Å². The van der Waals surface area contributed by atoms with E-state index in [-0.39, 0.29) is 6.09 Å². The number of likely N-dealkylation sites (tertiary alicyclic amines) is 1. The van der Waals surface area contributed by atoms with Gasteiger partial charge in [-0.25, -0.2) is 4.79 Å². The van der Waals surface area contributed by atoms with Crippen molar-refractivity contribution in [3.8, 4) is 5.75 Å². The normalized spacial score (nSPS) is 19.0. The van der Waals surface area contributed by atoms with Gasteiger partial charge in [0.15, 0.2) is 0 Å². The lowest BCUT2D eigenvalue weighted by molar-refractivity contribution is 0.0292. The Balaban J connectivity index is 1.99. The van der Waals surface area contributed by atoms with Gasteiger partial charge < -0.3 is 14.4 Å². The number of carbonyl (C=O) groups is 1. The summed E-state index contributed by atoms with van der Waals surface area (Å²) >= 11 is 0. The molecule has 0 aliphatic carbocycles. The first-order chi connectivity index (χ1) is 9.39. The Morgan fingerprint density at radius 2 is 2.10 bits per heavy atom. The van der Waals surface area contributed by atoms with E-state index < -0.39 is 5.60 Å². The third-order valence-corrected chi connectivity index (χ3v) is 3.41. The molecule has 20 heavy (non-hydrogen) atoms. The second-order valence-corrected chi connectivity index (χ2v) is 6.19. The SMILES string of the molecule is COc1cccc(C2CCN(C(=O)OC(C)(C)C)C2)c1. The van der Waals surface area contributed by atoms with Gasteiger partial charge in [-0.3, -0.25) is 0 Å². The molecule has 1 saturated heterocycles. The number of rotatable bonds is 2. The van der Waals surface area contributed by atoms with E-state index in [4.69, 9.17) is 9.47 Å². The predicted molar refractivity (Wildman–Crippen MR) is 78.2 cm³/mol. The monoisotopic (exact) mass is 277 g/mol. The maximum atomic E-state index is 12.0. The summed E-state index contributed by atoms with van der Waals surface area (Å²) in [5.74, 6) is 1.22. The Labute approximate surface area is 120 Å². The highest BCUT2D eigenvalue weighted by Gasteiger charge is 2.30. The van der Waals surface area contributed by atoms with Crippen LogP contribution in [0.15, 0.2) is 24.3 Å². The third kappa shape index (κ3) is 3.65. The van der Waals surface area contributed by atoms with E-state index in [0.717, 1.165) is 18.7 Å². The summed E-state index contributed by atoms with van der Waals surface area (Å²) in [6, 6.07) is 8.06. The number of amides is 1. The fraction of sp³-hybridized carbons (Fsp3) is 0.562. The summed E-state index contributed by atoms with van der Waals surface area (Å²) in [4.78, 5) is 13.8. The van der Waals surface area contributed by atoms with Gasteiger partial charge in [0, 0.05) is 19.0 Å². The molecule has 2 rings (SSSR count). The molecule has 1 fully saturated rings. The molecule has 0 aromatic heterocycles. The van der Waals surface area contributed by atoms with Gasteiger partial charge in [0.05, 0.1) is 7.11 Å². The van der Waals surface area contributed by atoms with Crippen LogP contribution in [-0.4, -0.2) is 36.8 Å². The van der Waals surface area contributed by atoms with E-state index in [9.17, 15) is 4.79 Å². The van der Waals surface area contributed by atoms with Gasteiger partial charge >= 0.3 is 6.09 Å². The molecule has 1 aliphatic heterocycles. The second kappa shape index (κ2) is 5.73. The number of hydrogen-bond donors (Lipinski definition) is 0. The van der Waals surface area contributed by atoms with Crippen LogP contribution in [0.2, 0.25) is 0 Å². The zero-order valence-corrected chi connectivity index (χ0v) is 12.7. The fourth-order valence-electron chi connectivity index (χ4n) is 2.42. The Morgan fingerprint density at radius 1 is 1.35 bits per heavy atom. The van der Waals surface area contributed by atoms with Crippen molar-refractivity contribution in [3.05, 3.63) is 29.8 Å². The van der Waals surface area contributed by atoms with Crippen molar-refractivity contribution in [2.24, 2.45) is 0 Å². The van der Waals surface area contributed by atoms with Gasteiger partial charge in [-0.1, -0.05) is 12.1 Å². The molecule has 1 aromatic rings. The van der Waals surface area contributed by atoms with Crippen molar-refractivity contribution in [1.82, 2.24) is 4.90 Å². The molecule has 1 amide bonds. The summed E-state index contributed by atoms with van der Waals surface area (Å²) in [6.07, 6.45) is 0.745. The Morgan fingerprint density at radius 3 is 2.75 bits per heavy atom. The Bertz CT molecular complexity index is 479. The van der Waals surface area contributed by atoms with Crippen molar-refractivity contribution in [3.63, 3.8) is 0 Å². The zero-order valence-electron chi connectivity index (χ0n) is 12.7.